The fourth-order valence-electron chi connectivity index (χ4n) is 8.59. The molecule has 2 aliphatic carbocycles. The van der Waals surface area contributed by atoms with Crippen LogP contribution in [0.3, 0.4) is 0 Å². The van der Waals surface area contributed by atoms with Gasteiger partial charge in [-0.15, -0.1) is 0 Å². The zero-order valence-corrected chi connectivity index (χ0v) is 22.6. The van der Waals surface area contributed by atoms with Gasteiger partial charge in [-0.1, -0.05) is 0 Å². The Balaban J connectivity index is 1.65. The average molecular weight is 476 g/mol. The molecule has 0 spiro atoms. The first-order chi connectivity index (χ1) is 16.2. The normalized spacial score (nSPS) is 23.8. The van der Waals surface area contributed by atoms with Crippen molar-refractivity contribution in [3.05, 3.63) is 106 Å². The van der Waals surface area contributed by atoms with Crippen LogP contribution in [0.25, 0.3) is 32.7 Å². The van der Waals surface area contributed by atoms with Crippen LogP contribution in [-0.2, 0) is 16.6 Å². The standard InChI is InChI=1S/C31H26.2CH3.Ti/c1-19-17-23-15-13-21-9-5-7-11-25(21)27(23)29(19)31(3,4)30-20(2)18-24-16-14-22-10-6-8-12-26(22)28(24)30;;;/h5-18H,1-4H3;2*1H3;. The molecule has 1 heterocycles. The number of allylic oxidation sites excluding steroid dienone is 4. The van der Waals surface area contributed by atoms with Gasteiger partial charge in [-0.25, -0.2) is 0 Å². The van der Waals surface area contributed by atoms with E-state index in [1.807, 2.05) is 0 Å². The van der Waals surface area contributed by atoms with E-state index >= 15 is 0 Å². The summed E-state index contributed by atoms with van der Waals surface area (Å²) in [5, 5.41) is 11.0. The Bertz CT molecular complexity index is 1510. The zero-order valence-electron chi connectivity index (χ0n) is 21.1. The third-order valence-electron chi connectivity index (χ3n) is 9.44. The van der Waals surface area contributed by atoms with E-state index in [-0.39, 0.29) is 5.41 Å². The summed E-state index contributed by atoms with van der Waals surface area (Å²) in [6.45, 7) is 9.98. The fourth-order valence-corrected chi connectivity index (χ4v) is 16.3. The summed E-state index contributed by atoms with van der Waals surface area (Å²) >= 11 is -2.50. The Morgan fingerprint density at radius 3 is 1.44 bits per heavy atom. The summed E-state index contributed by atoms with van der Waals surface area (Å²) < 4.78 is 1.21. The minimum absolute atomic E-state index is 0.0475. The van der Waals surface area contributed by atoms with Crippen LogP contribution in [-0.4, -0.2) is 0 Å². The second kappa shape index (κ2) is 6.63. The van der Waals surface area contributed by atoms with Crippen LogP contribution in [0.4, 0.5) is 0 Å². The zero-order chi connectivity index (χ0) is 23.6. The van der Waals surface area contributed by atoms with Gasteiger partial charge < -0.3 is 0 Å². The topological polar surface area (TPSA) is 0 Å². The molecule has 3 aliphatic rings. The van der Waals surface area contributed by atoms with Gasteiger partial charge in [0.2, 0.25) is 0 Å². The molecule has 0 fully saturated rings. The second-order valence-electron chi connectivity index (χ2n) is 11.9. The summed E-state index contributed by atoms with van der Waals surface area (Å²) in [7, 11) is 0. The summed E-state index contributed by atoms with van der Waals surface area (Å²) in [4.78, 5) is 0. The van der Waals surface area contributed by atoms with Crippen LogP contribution in [0.2, 0.25) is 10.5 Å². The first-order valence-corrected chi connectivity index (χ1v) is 17.6. The van der Waals surface area contributed by atoms with Crippen molar-refractivity contribution >= 4 is 32.7 Å². The first kappa shape index (κ1) is 20.9. The van der Waals surface area contributed by atoms with Crippen molar-refractivity contribution in [1.29, 1.82) is 0 Å². The Labute approximate surface area is 206 Å². The van der Waals surface area contributed by atoms with Crippen LogP contribution in [0, 0.1) is 5.41 Å². The number of hydrogen-bond acceptors (Lipinski definition) is 0. The van der Waals surface area contributed by atoms with Crippen molar-refractivity contribution < 1.29 is 16.6 Å². The molecule has 34 heavy (non-hydrogen) atoms. The summed E-state index contributed by atoms with van der Waals surface area (Å²) in [5.74, 6) is 0. The Hall–Kier alpha value is -2.41. The van der Waals surface area contributed by atoms with Gasteiger partial charge in [0, 0.05) is 0 Å². The van der Waals surface area contributed by atoms with Crippen LogP contribution in [0.15, 0.2) is 83.9 Å². The van der Waals surface area contributed by atoms with Crippen molar-refractivity contribution in [2.45, 2.75) is 46.6 Å². The SMILES string of the molecule is CC1=C2c3c(ccc4ccccc34)[CH]1[Ti]([CH3])([CH3])[CH]1C(C)=C(c3c1ccc1ccccc31)C2(C)C. The number of benzene rings is 4. The minimum atomic E-state index is -2.50. The van der Waals surface area contributed by atoms with Crippen molar-refractivity contribution in [3.8, 4) is 0 Å². The maximum atomic E-state index is 2.71. The van der Waals surface area contributed by atoms with Crippen molar-refractivity contribution in [1.82, 2.24) is 0 Å². The molecule has 0 amide bonds. The molecule has 7 rings (SSSR count). The molecule has 2 atom stereocenters. The molecule has 0 saturated carbocycles. The van der Waals surface area contributed by atoms with Crippen LogP contribution in [0.5, 0.6) is 0 Å². The third kappa shape index (κ3) is 2.34. The van der Waals surface area contributed by atoms with E-state index in [1.165, 1.54) is 21.5 Å². The van der Waals surface area contributed by atoms with E-state index < -0.39 is 16.6 Å². The maximum absolute atomic E-state index is 2.71. The molecule has 0 aromatic heterocycles. The molecule has 4 aromatic rings. The average Bonchev–Trinajstić information content (AvgIpc) is 3.31. The molecule has 1 aliphatic heterocycles. The van der Waals surface area contributed by atoms with Gasteiger partial charge in [-0.2, -0.15) is 0 Å². The van der Waals surface area contributed by atoms with Gasteiger partial charge in [0.15, 0.2) is 0 Å². The molecular formula is C33H32Ti. The van der Waals surface area contributed by atoms with Gasteiger partial charge in [0.1, 0.15) is 0 Å². The van der Waals surface area contributed by atoms with Gasteiger partial charge in [-0.05, 0) is 0 Å². The Morgan fingerprint density at radius 2 is 1.00 bits per heavy atom. The van der Waals surface area contributed by atoms with Gasteiger partial charge in [0.05, 0.1) is 0 Å². The molecule has 4 bridgehead atoms. The van der Waals surface area contributed by atoms with Crippen LogP contribution < -0.4 is 0 Å². The first-order valence-electron chi connectivity index (χ1n) is 12.7. The van der Waals surface area contributed by atoms with E-state index in [0.717, 1.165) is 0 Å². The number of fused-ring (bicyclic) bond motifs is 12. The molecule has 0 radical (unpaired) electrons. The molecule has 1 heteroatoms. The number of hydrogen-bond donors (Lipinski definition) is 0. The second-order valence-corrected chi connectivity index (χ2v) is 19.4. The van der Waals surface area contributed by atoms with Gasteiger partial charge >= 0.3 is 207 Å². The Morgan fingerprint density at radius 1 is 0.588 bits per heavy atom. The van der Waals surface area contributed by atoms with Gasteiger partial charge in [-0.3, -0.25) is 0 Å². The van der Waals surface area contributed by atoms with E-state index in [0.29, 0.717) is 8.45 Å². The molecule has 168 valence electrons. The molecule has 2 unspecified atom stereocenters. The fraction of sp³-hybridized carbons (Fsp3) is 0.273. The molecule has 0 nitrogen and oxygen atoms in total. The van der Waals surface area contributed by atoms with Crippen LogP contribution in [0.1, 0.15) is 58.4 Å². The van der Waals surface area contributed by atoms with Crippen molar-refractivity contribution in [3.63, 3.8) is 0 Å². The monoisotopic (exact) mass is 476 g/mol. The quantitative estimate of drug-likeness (QED) is 0.222. The molecular weight excluding hydrogens is 444 g/mol. The molecule has 0 saturated heterocycles. The van der Waals surface area contributed by atoms with E-state index in [1.54, 1.807) is 44.5 Å². The van der Waals surface area contributed by atoms with Crippen LogP contribution >= 0.6 is 0 Å². The van der Waals surface area contributed by atoms with Crippen molar-refractivity contribution in [2.24, 2.45) is 5.41 Å². The van der Waals surface area contributed by atoms with E-state index in [4.69, 9.17) is 0 Å². The van der Waals surface area contributed by atoms with Crippen molar-refractivity contribution in [2.75, 3.05) is 0 Å². The van der Waals surface area contributed by atoms with E-state index in [9.17, 15) is 0 Å². The third-order valence-corrected chi connectivity index (χ3v) is 16.4. The summed E-state index contributed by atoms with van der Waals surface area (Å²) in [6, 6.07) is 27.8. The van der Waals surface area contributed by atoms with Gasteiger partial charge in [0.25, 0.3) is 0 Å². The summed E-state index contributed by atoms with van der Waals surface area (Å²) in [6.07, 6.45) is 0. The Kier molecular flexibility index (Phi) is 4.08. The molecule has 4 aromatic carbocycles. The predicted octanol–water partition coefficient (Wildman–Crippen LogP) is 9.64. The van der Waals surface area contributed by atoms with E-state index in [2.05, 4.69) is 111 Å². The molecule has 0 N–H and O–H groups in total. The number of rotatable bonds is 0. The predicted molar refractivity (Wildman–Crippen MR) is 144 cm³/mol. The summed E-state index contributed by atoms with van der Waals surface area (Å²) in [5.41, 5.74) is 12.8.